The molecule has 1 aliphatic rings. The van der Waals surface area contributed by atoms with Crippen molar-refractivity contribution < 1.29 is 5.11 Å². The van der Waals surface area contributed by atoms with Gasteiger partial charge in [-0.2, -0.15) is 0 Å². The molecule has 2 rings (SSSR count). The predicted molar refractivity (Wildman–Crippen MR) is 59.2 cm³/mol. The molecule has 0 aliphatic heterocycles. The number of phenols is 1. The van der Waals surface area contributed by atoms with Crippen LogP contribution >= 0.6 is 0 Å². The van der Waals surface area contributed by atoms with Crippen LogP contribution in [0, 0.1) is 16.7 Å². The third-order valence-corrected chi connectivity index (χ3v) is 3.45. The van der Waals surface area contributed by atoms with Gasteiger partial charge in [0.05, 0.1) is 0 Å². The quantitative estimate of drug-likeness (QED) is 0.750. The van der Waals surface area contributed by atoms with E-state index in [9.17, 15) is 10.0 Å². The van der Waals surface area contributed by atoms with Gasteiger partial charge >= 0.3 is 0 Å². The molecule has 2 unspecified atom stereocenters. The second-order valence-electron chi connectivity index (χ2n) is 4.56. The van der Waals surface area contributed by atoms with Crippen LogP contribution in [0.4, 0.5) is 5.69 Å². The largest absolute Gasteiger partial charge is 0.506 e. The first-order chi connectivity index (χ1) is 7.13. The molecule has 1 saturated carbocycles. The minimum Gasteiger partial charge on any atom is -0.506 e. The van der Waals surface area contributed by atoms with Gasteiger partial charge in [0.1, 0.15) is 11.4 Å². The van der Waals surface area contributed by atoms with Gasteiger partial charge in [0, 0.05) is 0 Å². The van der Waals surface area contributed by atoms with Crippen LogP contribution in [0.1, 0.15) is 31.7 Å². The Kier molecular flexibility index (Phi) is 2.47. The average molecular weight is 205 g/mol. The van der Waals surface area contributed by atoms with E-state index in [0.29, 0.717) is 17.8 Å². The summed E-state index contributed by atoms with van der Waals surface area (Å²) in [5.41, 5.74) is 1.24. The van der Waals surface area contributed by atoms with Crippen LogP contribution in [0.15, 0.2) is 23.4 Å². The molecule has 0 aromatic heterocycles. The normalized spacial score (nSPS) is 29.6. The first-order valence-electron chi connectivity index (χ1n) is 5.29. The molecule has 3 heteroatoms. The molecular formula is C12H15NO2. The van der Waals surface area contributed by atoms with Gasteiger partial charge in [-0.25, -0.2) is 0 Å². The minimum absolute atomic E-state index is 0.00574. The molecule has 0 bridgehead atoms. The second-order valence-corrected chi connectivity index (χ2v) is 4.56. The molecule has 1 aromatic carbocycles. The lowest BCUT2D eigenvalue weighted by atomic mass is 9.63. The summed E-state index contributed by atoms with van der Waals surface area (Å²) in [7, 11) is 0. The minimum atomic E-state index is -0.00574. The summed E-state index contributed by atoms with van der Waals surface area (Å²) in [6, 6.07) is 5.16. The first-order valence-corrected chi connectivity index (χ1v) is 5.29. The topological polar surface area (TPSA) is 49.7 Å². The van der Waals surface area contributed by atoms with Crippen molar-refractivity contribution in [1.29, 1.82) is 0 Å². The van der Waals surface area contributed by atoms with E-state index >= 15 is 0 Å². The van der Waals surface area contributed by atoms with Crippen molar-refractivity contribution in [3.8, 4) is 5.75 Å². The molecule has 80 valence electrons. The number of rotatable bonds is 2. The Morgan fingerprint density at radius 3 is 2.47 bits per heavy atom. The molecule has 1 N–H and O–H groups in total. The van der Waals surface area contributed by atoms with Crippen LogP contribution in [0.3, 0.4) is 0 Å². The Morgan fingerprint density at radius 1 is 1.33 bits per heavy atom. The van der Waals surface area contributed by atoms with Gasteiger partial charge in [-0.05, 0) is 47.0 Å². The Labute approximate surface area is 89.1 Å². The van der Waals surface area contributed by atoms with Gasteiger partial charge in [-0.1, -0.05) is 19.9 Å². The van der Waals surface area contributed by atoms with Crippen LogP contribution < -0.4 is 0 Å². The van der Waals surface area contributed by atoms with E-state index in [0.717, 1.165) is 5.56 Å². The molecule has 1 aromatic rings. The fourth-order valence-corrected chi connectivity index (χ4v) is 2.73. The average Bonchev–Trinajstić information content (AvgIpc) is 2.17. The van der Waals surface area contributed by atoms with Gasteiger partial charge in [0.25, 0.3) is 0 Å². The summed E-state index contributed by atoms with van der Waals surface area (Å²) in [5, 5.41) is 12.3. The van der Waals surface area contributed by atoms with Crippen molar-refractivity contribution in [3.05, 3.63) is 28.7 Å². The number of nitrogens with zero attached hydrogens (tertiary/aromatic N) is 1. The van der Waals surface area contributed by atoms with Gasteiger partial charge in [0.2, 0.25) is 0 Å². The summed E-state index contributed by atoms with van der Waals surface area (Å²) in [5.74, 6) is 1.83. The molecule has 0 saturated heterocycles. The Hall–Kier alpha value is -1.38. The van der Waals surface area contributed by atoms with Crippen molar-refractivity contribution in [2.45, 2.75) is 26.2 Å². The second kappa shape index (κ2) is 3.65. The summed E-state index contributed by atoms with van der Waals surface area (Å²) in [6.45, 7) is 4.43. The fourth-order valence-electron chi connectivity index (χ4n) is 2.73. The maximum absolute atomic E-state index is 10.3. The third-order valence-electron chi connectivity index (χ3n) is 3.45. The van der Waals surface area contributed by atoms with E-state index in [-0.39, 0.29) is 11.4 Å². The zero-order valence-corrected chi connectivity index (χ0v) is 8.97. The van der Waals surface area contributed by atoms with Crippen molar-refractivity contribution in [3.63, 3.8) is 0 Å². The molecule has 0 radical (unpaired) electrons. The number of nitroso groups, excluding NO2 is 1. The van der Waals surface area contributed by atoms with Gasteiger partial charge < -0.3 is 5.11 Å². The SMILES string of the molecule is CC1CC(C)C1c1ccc(N=O)c(O)c1. The monoisotopic (exact) mass is 205 g/mol. The Bertz CT molecular complexity index is 381. The van der Waals surface area contributed by atoms with Crippen LogP contribution in [0.25, 0.3) is 0 Å². The summed E-state index contributed by atoms with van der Waals surface area (Å²) in [6.07, 6.45) is 1.24. The third kappa shape index (κ3) is 1.62. The first kappa shape index (κ1) is 10.1. The van der Waals surface area contributed by atoms with Crippen LogP contribution in [-0.4, -0.2) is 5.11 Å². The van der Waals surface area contributed by atoms with Crippen molar-refractivity contribution in [1.82, 2.24) is 0 Å². The smallest absolute Gasteiger partial charge is 0.149 e. The maximum atomic E-state index is 10.3. The van der Waals surface area contributed by atoms with E-state index in [1.165, 1.54) is 6.42 Å². The summed E-state index contributed by atoms with van der Waals surface area (Å²) < 4.78 is 0. The lowest BCUT2D eigenvalue weighted by molar-refractivity contribution is 0.175. The van der Waals surface area contributed by atoms with Crippen LogP contribution in [0.2, 0.25) is 0 Å². The van der Waals surface area contributed by atoms with Crippen molar-refractivity contribution in [2.24, 2.45) is 17.0 Å². The molecule has 3 nitrogen and oxygen atoms in total. The maximum Gasteiger partial charge on any atom is 0.149 e. The Morgan fingerprint density at radius 2 is 2.00 bits per heavy atom. The molecule has 15 heavy (non-hydrogen) atoms. The van der Waals surface area contributed by atoms with Crippen LogP contribution in [0.5, 0.6) is 5.75 Å². The highest BCUT2D eigenvalue weighted by molar-refractivity contribution is 5.53. The molecular weight excluding hydrogens is 190 g/mol. The molecule has 0 heterocycles. The zero-order chi connectivity index (χ0) is 11.0. The lowest BCUT2D eigenvalue weighted by Gasteiger charge is -2.41. The number of hydrogen-bond donors (Lipinski definition) is 1. The molecule has 1 fully saturated rings. The van der Waals surface area contributed by atoms with Crippen molar-refractivity contribution >= 4 is 5.69 Å². The van der Waals surface area contributed by atoms with Crippen molar-refractivity contribution in [2.75, 3.05) is 0 Å². The molecule has 0 amide bonds. The van der Waals surface area contributed by atoms with E-state index in [4.69, 9.17) is 0 Å². The number of benzene rings is 1. The van der Waals surface area contributed by atoms with Gasteiger partial charge in [0.15, 0.2) is 0 Å². The van der Waals surface area contributed by atoms with Crippen LogP contribution in [-0.2, 0) is 0 Å². The lowest BCUT2D eigenvalue weighted by Crippen LogP contribution is -2.30. The van der Waals surface area contributed by atoms with E-state index in [1.54, 1.807) is 12.1 Å². The standard InChI is InChI=1S/C12H15NO2/c1-7-5-8(2)12(7)9-3-4-10(13-15)11(14)6-9/h3-4,6-8,12,14H,5H2,1-2H3. The summed E-state index contributed by atoms with van der Waals surface area (Å²) >= 11 is 0. The molecule has 1 aliphatic carbocycles. The fraction of sp³-hybridized carbons (Fsp3) is 0.500. The highest BCUT2D eigenvalue weighted by atomic mass is 16.3. The van der Waals surface area contributed by atoms with E-state index in [2.05, 4.69) is 19.0 Å². The van der Waals surface area contributed by atoms with Gasteiger partial charge in [-0.3, -0.25) is 0 Å². The van der Waals surface area contributed by atoms with Gasteiger partial charge in [-0.15, -0.1) is 4.91 Å². The Balaban J connectivity index is 2.30. The molecule has 2 atom stereocenters. The number of hydrogen-bond acceptors (Lipinski definition) is 3. The number of phenolic OH excluding ortho intramolecular Hbond substituents is 1. The zero-order valence-electron chi connectivity index (χ0n) is 8.97. The summed E-state index contributed by atoms with van der Waals surface area (Å²) in [4.78, 5) is 10.3. The highest BCUT2D eigenvalue weighted by Crippen LogP contribution is 2.48. The molecule has 0 spiro atoms. The highest BCUT2D eigenvalue weighted by Gasteiger charge is 2.35. The number of aromatic hydroxyl groups is 1. The predicted octanol–water partition coefficient (Wildman–Crippen LogP) is 3.55. The van der Waals surface area contributed by atoms with E-state index < -0.39 is 0 Å². The van der Waals surface area contributed by atoms with E-state index in [1.807, 2.05) is 6.07 Å².